The molecule has 1 aliphatic heterocycles. The van der Waals surface area contributed by atoms with Crippen LogP contribution in [0.2, 0.25) is 0 Å². The van der Waals surface area contributed by atoms with E-state index in [1.54, 1.807) is 13.8 Å². The number of esters is 1. The van der Waals surface area contributed by atoms with E-state index < -0.39 is 11.7 Å². The maximum Gasteiger partial charge on any atom is 0.309 e. The molecule has 8 unspecified atom stereocenters. The van der Waals surface area contributed by atoms with Gasteiger partial charge in [-0.1, -0.05) is 27.2 Å². The third-order valence-corrected chi connectivity index (χ3v) is 14.3. The molecule has 0 aromatic heterocycles. The zero-order valence-electron chi connectivity index (χ0n) is 24.5. The average molecular weight is 529 g/mol. The second-order valence-electron chi connectivity index (χ2n) is 16.5. The third kappa shape index (κ3) is 3.36. The molecule has 38 heavy (non-hydrogen) atoms. The number of aliphatic hydroxyl groups excluding tert-OH is 1. The van der Waals surface area contributed by atoms with Crippen molar-refractivity contribution >= 4 is 5.97 Å². The van der Waals surface area contributed by atoms with Crippen LogP contribution >= 0.6 is 0 Å². The summed E-state index contributed by atoms with van der Waals surface area (Å²) in [6.07, 6.45) is 14.1. The summed E-state index contributed by atoms with van der Waals surface area (Å²) in [5, 5.41) is 21.9. The van der Waals surface area contributed by atoms with E-state index in [4.69, 9.17) is 9.47 Å². The number of ether oxygens (including phenoxy) is 2. The van der Waals surface area contributed by atoms with Crippen molar-refractivity contribution < 1.29 is 24.5 Å². The standard InChI is InChI=1S/C33H52O5/c1-29(2)25-12-10-20-22-17-24-21(31(22,5)15-16-32(20)18-33(25,32)14-13-26(29)34)9-11-23(37-24)27(30(3,4)36)38-28(35)19-7-6-8-19/h19-27,34,36H,6-18H2,1-5H3/t20?,21?,22?,23?,24?,25?,26-,27-,31?,32-,33?/m0/s1. The molecule has 0 radical (unpaired) electrons. The van der Waals surface area contributed by atoms with Gasteiger partial charge in [-0.05, 0) is 136 Å². The normalized spacial score (nSPS) is 51.8. The minimum Gasteiger partial charge on any atom is -0.456 e. The monoisotopic (exact) mass is 528 g/mol. The predicted octanol–water partition coefficient (Wildman–Crippen LogP) is 6.04. The quantitative estimate of drug-likeness (QED) is 0.435. The molecule has 7 rings (SSSR count). The van der Waals surface area contributed by atoms with Gasteiger partial charge in [-0.25, -0.2) is 0 Å². The Kier molecular flexibility index (Phi) is 5.68. The highest BCUT2D eigenvalue weighted by Crippen LogP contribution is 2.87. The molecule has 7 aliphatic rings. The molecular weight excluding hydrogens is 476 g/mol. The van der Waals surface area contributed by atoms with Gasteiger partial charge in [0.25, 0.3) is 0 Å². The lowest BCUT2D eigenvalue weighted by molar-refractivity contribution is -0.206. The summed E-state index contributed by atoms with van der Waals surface area (Å²) in [7, 11) is 0. The first-order valence-corrected chi connectivity index (χ1v) is 16.1. The zero-order chi connectivity index (χ0) is 26.9. The summed E-state index contributed by atoms with van der Waals surface area (Å²) in [4.78, 5) is 12.8. The molecule has 11 atom stereocenters. The Hall–Kier alpha value is -0.650. The lowest BCUT2D eigenvalue weighted by Gasteiger charge is -2.59. The van der Waals surface area contributed by atoms with Gasteiger partial charge >= 0.3 is 5.97 Å². The van der Waals surface area contributed by atoms with Crippen LogP contribution in [0.25, 0.3) is 0 Å². The fourth-order valence-corrected chi connectivity index (χ4v) is 12.0. The lowest BCUT2D eigenvalue weighted by Crippen LogP contribution is -2.54. The van der Waals surface area contributed by atoms with Crippen molar-refractivity contribution in [2.45, 2.75) is 148 Å². The molecule has 1 saturated heterocycles. The van der Waals surface area contributed by atoms with Gasteiger partial charge in [-0.3, -0.25) is 4.79 Å². The number of hydrogen-bond acceptors (Lipinski definition) is 5. The number of fused-ring (bicyclic) bond motifs is 4. The Bertz CT molecular complexity index is 980. The van der Waals surface area contributed by atoms with Gasteiger partial charge in [0.2, 0.25) is 0 Å². The largest absolute Gasteiger partial charge is 0.456 e. The number of hydrogen-bond donors (Lipinski definition) is 2. The summed E-state index contributed by atoms with van der Waals surface area (Å²) >= 11 is 0. The van der Waals surface area contributed by atoms with Crippen molar-refractivity contribution in [2.75, 3.05) is 0 Å². The Morgan fingerprint density at radius 2 is 1.66 bits per heavy atom. The summed E-state index contributed by atoms with van der Waals surface area (Å²) in [5.74, 6) is 2.60. The van der Waals surface area contributed by atoms with Crippen LogP contribution in [-0.4, -0.2) is 46.2 Å². The topological polar surface area (TPSA) is 76.0 Å². The van der Waals surface area contributed by atoms with Gasteiger partial charge in [-0.2, -0.15) is 0 Å². The minimum absolute atomic E-state index is 0.00695. The highest BCUT2D eigenvalue weighted by atomic mass is 16.6. The summed E-state index contributed by atoms with van der Waals surface area (Å²) in [6.45, 7) is 10.8. The molecule has 7 fully saturated rings. The lowest BCUT2D eigenvalue weighted by atomic mass is 9.46. The molecule has 2 spiro atoms. The van der Waals surface area contributed by atoms with Crippen LogP contribution in [0.4, 0.5) is 0 Å². The number of carbonyl (C=O) groups is 1. The van der Waals surface area contributed by atoms with Crippen LogP contribution in [0, 0.1) is 51.2 Å². The van der Waals surface area contributed by atoms with Crippen LogP contribution in [0.15, 0.2) is 0 Å². The maximum absolute atomic E-state index is 12.8. The molecule has 0 amide bonds. The Balaban J connectivity index is 1.11. The highest BCUT2D eigenvalue weighted by molar-refractivity contribution is 5.73. The van der Waals surface area contributed by atoms with Crippen molar-refractivity contribution in [1.82, 2.24) is 0 Å². The second kappa shape index (κ2) is 8.22. The number of rotatable bonds is 4. The van der Waals surface area contributed by atoms with E-state index >= 15 is 0 Å². The minimum atomic E-state index is -1.12. The molecule has 0 bridgehead atoms. The van der Waals surface area contributed by atoms with Crippen molar-refractivity contribution in [3.05, 3.63) is 0 Å². The van der Waals surface area contributed by atoms with E-state index in [9.17, 15) is 15.0 Å². The van der Waals surface area contributed by atoms with E-state index in [2.05, 4.69) is 20.8 Å². The summed E-state index contributed by atoms with van der Waals surface area (Å²) in [6, 6.07) is 0. The fraction of sp³-hybridized carbons (Fsp3) is 0.970. The second-order valence-corrected chi connectivity index (χ2v) is 16.5. The SMILES string of the molecule is CC12CC[C@@]34CC35CC[C@H](O)C(C)(C)C5CCC4C1CC1OC([C@H](OC(=O)C3CCC3)C(C)(C)O)CCC12. The van der Waals surface area contributed by atoms with Crippen molar-refractivity contribution in [3.8, 4) is 0 Å². The molecule has 5 nitrogen and oxygen atoms in total. The third-order valence-electron chi connectivity index (χ3n) is 14.3. The molecular formula is C33H52O5. The molecule has 6 saturated carbocycles. The first-order valence-electron chi connectivity index (χ1n) is 16.1. The predicted molar refractivity (Wildman–Crippen MR) is 145 cm³/mol. The maximum atomic E-state index is 12.8. The Morgan fingerprint density at radius 3 is 2.34 bits per heavy atom. The van der Waals surface area contributed by atoms with E-state index in [0.29, 0.717) is 34.0 Å². The first-order chi connectivity index (χ1) is 17.8. The van der Waals surface area contributed by atoms with Crippen molar-refractivity contribution in [1.29, 1.82) is 0 Å². The highest BCUT2D eigenvalue weighted by Gasteiger charge is 2.80. The van der Waals surface area contributed by atoms with Crippen LogP contribution in [-0.2, 0) is 14.3 Å². The number of aliphatic hydroxyl groups is 2. The molecule has 1 heterocycles. The molecule has 0 aromatic carbocycles. The molecule has 5 heteroatoms. The average Bonchev–Trinajstić information content (AvgIpc) is 3.38. The Morgan fingerprint density at radius 1 is 0.921 bits per heavy atom. The molecule has 214 valence electrons. The zero-order valence-corrected chi connectivity index (χ0v) is 24.5. The van der Waals surface area contributed by atoms with Gasteiger partial charge in [0.1, 0.15) is 0 Å². The van der Waals surface area contributed by atoms with Crippen molar-refractivity contribution in [3.63, 3.8) is 0 Å². The van der Waals surface area contributed by atoms with Gasteiger partial charge in [0.05, 0.1) is 29.8 Å². The molecule has 0 aromatic rings. The fourth-order valence-electron chi connectivity index (χ4n) is 12.0. The van der Waals surface area contributed by atoms with Gasteiger partial charge in [0.15, 0.2) is 6.10 Å². The molecule has 2 N–H and O–H groups in total. The number of carbonyl (C=O) groups excluding carboxylic acids is 1. The van der Waals surface area contributed by atoms with Crippen molar-refractivity contribution in [2.24, 2.45) is 51.2 Å². The smallest absolute Gasteiger partial charge is 0.309 e. The van der Waals surface area contributed by atoms with Crippen LogP contribution in [0.1, 0.15) is 118 Å². The molecule has 6 aliphatic carbocycles. The van der Waals surface area contributed by atoms with Gasteiger partial charge in [0, 0.05) is 0 Å². The van der Waals surface area contributed by atoms with Crippen LogP contribution < -0.4 is 0 Å². The summed E-state index contributed by atoms with van der Waals surface area (Å²) < 4.78 is 12.9. The van der Waals surface area contributed by atoms with E-state index in [-0.39, 0.29) is 35.6 Å². The van der Waals surface area contributed by atoms with E-state index in [0.717, 1.165) is 50.9 Å². The van der Waals surface area contributed by atoms with E-state index in [1.165, 1.54) is 38.5 Å². The summed E-state index contributed by atoms with van der Waals surface area (Å²) in [5.41, 5.74) is 0.222. The Labute approximate surface area is 229 Å². The van der Waals surface area contributed by atoms with Gasteiger partial charge in [-0.15, -0.1) is 0 Å². The first kappa shape index (κ1) is 26.3. The van der Waals surface area contributed by atoms with Crippen LogP contribution in [0.3, 0.4) is 0 Å². The van der Waals surface area contributed by atoms with Crippen LogP contribution in [0.5, 0.6) is 0 Å². The van der Waals surface area contributed by atoms with E-state index in [1.807, 2.05) is 0 Å². The van der Waals surface area contributed by atoms with Gasteiger partial charge < -0.3 is 19.7 Å².